The van der Waals surface area contributed by atoms with Gasteiger partial charge in [0.25, 0.3) is 0 Å². The van der Waals surface area contributed by atoms with Gasteiger partial charge in [-0.1, -0.05) is 72.8 Å². The number of rotatable bonds is 0. The predicted octanol–water partition coefficient (Wildman–Crippen LogP) is -1.17. The van der Waals surface area contributed by atoms with Crippen LogP contribution in [-0.4, -0.2) is 29.9 Å². The Morgan fingerprint density at radius 3 is 0.528 bits per heavy atom. The van der Waals surface area contributed by atoms with Crippen LogP contribution in [-0.2, 0) is 19.5 Å². The van der Waals surface area contributed by atoms with Gasteiger partial charge in [0, 0.05) is 69.5 Å². The Hall–Kier alpha value is -5.00. The van der Waals surface area contributed by atoms with Gasteiger partial charge >= 0.3 is 19.5 Å². The van der Waals surface area contributed by atoms with Crippen LogP contribution in [0.2, 0.25) is 0 Å². The zero-order valence-electron chi connectivity index (χ0n) is 26.9. The van der Waals surface area contributed by atoms with E-state index in [-0.39, 0.29) is 19.5 Å². The minimum atomic E-state index is -4.94. The largest absolute Gasteiger partial charge is 2.00 e. The summed E-state index contributed by atoms with van der Waals surface area (Å²) in [4.78, 5) is 26.1. The molecule has 0 amide bonds. The van der Waals surface area contributed by atoms with Crippen LogP contribution < -0.4 is 37.3 Å². The van der Waals surface area contributed by atoms with E-state index >= 15 is 0 Å². The average molecular weight is 841 g/mol. The molecule has 0 saturated carbocycles. The van der Waals surface area contributed by atoms with Crippen molar-refractivity contribution < 1.29 is 77.2 Å². The number of hydrogen-bond acceptors (Lipinski definition) is 14. The molecule has 14 nitrogen and oxygen atoms in total. The van der Waals surface area contributed by atoms with Gasteiger partial charge in [-0.2, -0.15) is 0 Å². The SMILES string of the molecule is [O-][Cl+3]([O-])([O-])[O-].[O-][Cl+3]([O-])([O-])[O-].[Ru+2].c1cnc2c(c1)ccc1cccnc12.c1cnc2c(c1)ccc1cccnc12.c1cnc2c(c1)ccc1cccnc12. The zero-order valence-corrected chi connectivity index (χ0v) is 30.2. The maximum atomic E-state index is 8.49. The van der Waals surface area contributed by atoms with Gasteiger partial charge in [0.1, 0.15) is 0 Å². The van der Waals surface area contributed by atoms with Crippen molar-refractivity contribution >= 4 is 65.4 Å². The maximum Gasteiger partial charge on any atom is 2.00 e. The number of pyridine rings is 6. The molecule has 0 saturated heterocycles. The van der Waals surface area contributed by atoms with Crippen molar-refractivity contribution in [2.24, 2.45) is 0 Å². The van der Waals surface area contributed by atoms with Crippen LogP contribution in [0, 0.1) is 20.5 Å². The quantitative estimate of drug-likeness (QED) is 0.129. The molecule has 6 aromatic heterocycles. The van der Waals surface area contributed by atoms with E-state index < -0.39 is 20.5 Å². The van der Waals surface area contributed by atoms with Crippen LogP contribution in [0.3, 0.4) is 0 Å². The van der Waals surface area contributed by atoms with E-state index in [2.05, 4.69) is 103 Å². The number of benzene rings is 3. The zero-order chi connectivity index (χ0) is 37.1. The first kappa shape index (κ1) is 40.8. The normalized spacial score (nSPS) is 10.9. The van der Waals surface area contributed by atoms with Crippen LogP contribution >= 0.6 is 0 Å². The molecule has 17 heteroatoms. The summed E-state index contributed by atoms with van der Waals surface area (Å²) in [6, 6.07) is 36.4. The molecule has 0 atom stereocenters. The molecular weight excluding hydrogens is 816 g/mol. The van der Waals surface area contributed by atoms with Crippen molar-refractivity contribution in [3.05, 3.63) is 146 Å². The third-order valence-electron chi connectivity index (χ3n) is 7.03. The topological polar surface area (TPSA) is 262 Å². The molecule has 53 heavy (non-hydrogen) atoms. The van der Waals surface area contributed by atoms with E-state index in [1.54, 1.807) is 37.2 Å². The second kappa shape index (κ2) is 18.7. The van der Waals surface area contributed by atoms with Gasteiger partial charge in [-0.15, -0.1) is 20.5 Å². The minimum Gasteiger partial charge on any atom is -0.254 e. The molecule has 0 N–H and O–H groups in total. The summed E-state index contributed by atoms with van der Waals surface area (Å²) in [6.07, 6.45) is 10.8. The van der Waals surface area contributed by atoms with Gasteiger partial charge < -0.3 is 0 Å². The number of nitrogens with zero attached hydrogens (tertiary/aromatic N) is 6. The first-order valence-electron chi connectivity index (χ1n) is 14.8. The molecule has 268 valence electrons. The molecule has 0 bridgehead atoms. The van der Waals surface area contributed by atoms with Crippen LogP contribution in [0.15, 0.2) is 146 Å². The first-order valence-corrected chi connectivity index (χ1v) is 17.3. The third-order valence-corrected chi connectivity index (χ3v) is 7.03. The molecule has 3 aromatic carbocycles. The van der Waals surface area contributed by atoms with E-state index in [0.717, 1.165) is 65.4 Å². The minimum absolute atomic E-state index is 0. The van der Waals surface area contributed by atoms with E-state index in [0.29, 0.717) is 0 Å². The number of halogens is 2. The van der Waals surface area contributed by atoms with Gasteiger partial charge in [-0.05, 0) is 36.4 Å². The van der Waals surface area contributed by atoms with Crippen molar-refractivity contribution in [2.45, 2.75) is 0 Å². The fraction of sp³-hybridized carbons (Fsp3) is 0. The van der Waals surface area contributed by atoms with E-state index in [9.17, 15) is 0 Å². The van der Waals surface area contributed by atoms with Crippen molar-refractivity contribution in [3.63, 3.8) is 0 Å². The Bertz CT molecular complexity index is 2130. The van der Waals surface area contributed by atoms with Crippen molar-refractivity contribution in [3.8, 4) is 0 Å². The standard InChI is InChI=1S/3C12H8N2.2ClHO4.Ru/c3*1-3-9-5-6-10-4-2-8-14-12(10)11(9)13-7-1;2*2-1(3,4)5;/h3*1-8H;2*(H,2,3,4,5);/q;;;;;+2/p-2. The second-order valence-electron chi connectivity index (χ2n) is 10.4. The molecule has 0 spiro atoms. The number of hydrogen-bond donors (Lipinski definition) is 0. The van der Waals surface area contributed by atoms with Gasteiger partial charge in [-0.3, -0.25) is 29.9 Å². The number of fused-ring (bicyclic) bond motifs is 9. The van der Waals surface area contributed by atoms with Gasteiger partial charge in [0.15, 0.2) is 0 Å². The molecular formula is C36H24Cl2N6O8Ru. The summed E-state index contributed by atoms with van der Waals surface area (Å²) in [6.45, 7) is 0. The Balaban J connectivity index is 0.000000157. The number of aromatic nitrogens is 6. The smallest absolute Gasteiger partial charge is 0.254 e. The van der Waals surface area contributed by atoms with Crippen LogP contribution in [0.4, 0.5) is 0 Å². The van der Waals surface area contributed by atoms with Crippen molar-refractivity contribution in [1.29, 1.82) is 0 Å². The van der Waals surface area contributed by atoms with Crippen LogP contribution in [0.5, 0.6) is 0 Å². The Labute approximate surface area is 317 Å². The molecule has 0 fully saturated rings. The van der Waals surface area contributed by atoms with Crippen LogP contribution in [0.1, 0.15) is 0 Å². The molecule has 6 heterocycles. The van der Waals surface area contributed by atoms with Gasteiger partial charge in [-0.25, -0.2) is 37.3 Å². The fourth-order valence-electron chi connectivity index (χ4n) is 5.04. The molecule has 0 radical (unpaired) electrons. The van der Waals surface area contributed by atoms with Gasteiger partial charge in [0.05, 0.1) is 33.1 Å². The first-order chi connectivity index (χ1) is 24.8. The summed E-state index contributed by atoms with van der Waals surface area (Å²) in [7, 11) is -9.89. The molecule has 0 aliphatic carbocycles. The molecule has 9 rings (SSSR count). The Morgan fingerprint density at radius 1 is 0.264 bits per heavy atom. The Morgan fingerprint density at radius 2 is 0.396 bits per heavy atom. The average Bonchev–Trinajstić information content (AvgIpc) is 3.14. The van der Waals surface area contributed by atoms with E-state index in [4.69, 9.17) is 37.3 Å². The van der Waals surface area contributed by atoms with E-state index in [1.165, 1.54) is 0 Å². The monoisotopic (exact) mass is 840 g/mol. The van der Waals surface area contributed by atoms with Crippen molar-refractivity contribution in [1.82, 2.24) is 29.9 Å². The Kier molecular flexibility index (Phi) is 14.4. The van der Waals surface area contributed by atoms with Gasteiger partial charge in [0.2, 0.25) is 0 Å². The third kappa shape index (κ3) is 12.3. The summed E-state index contributed by atoms with van der Waals surface area (Å²) in [5.41, 5.74) is 5.86. The van der Waals surface area contributed by atoms with Crippen LogP contribution in [0.25, 0.3) is 65.4 Å². The summed E-state index contributed by atoms with van der Waals surface area (Å²) < 4.78 is 67.9. The van der Waals surface area contributed by atoms with Crippen molar-refractivity contribution in [2.75, 3.05) is 0 Å². The predicted molar refractivity (Wildman–Crippen MR) is 171 cm³/mol. The molecule has 0 aliphatic heterocycles. The molecule has 0 aliphatic rings. The summed E-state index contributed by atoms with van der Waals surface area (Å²) >= 11 is 0. The molecule has 0 unspecified atom stereocenters. The molecule has 9 aromatic rings. The van der Waals surface area contributed by atoms with E-state index in [1.807, 2.05) is 36.4 Å². The maximum absolute atomic E-state index is 8.49. The second-order valence-corrected chi connectivity index (χ2v) is 11.9. The fourth-order valence-corrected chi connectivity index (χ4v) is 5.04. The summed E-state index contributed by atoms with van der Waals surface area (Å²) in [5, 5.41) is 6.83. The summed E-state index contributed by atoms with van der Waals surface area (Å²) in [5.74, 6) is 0.